The fourth-order valence-electron chi connectivity index (χ4n) is 3.24. The molecule has 3 aromatic heterocycles. The first kappa shape index (κ1) is 18.8. The van der Waals surface area contributed by atoms with Gasteiger partial charge in [0.15, 0.2) is 5.69 Å². The van der Waals surface area contributed by atoms with Crippen molar-refractivity contribution in [2.75, 3.05) is 5.32 Å². The molecule has 0 unspecified atom stereocenters. The maximum atomic E-state index is 13.1. The van der Waals surface area contributed by atoms with Crippen molar-refractivity contribution < 1.29 is 9.90 Å². The van der Waals surface area contributed by atoms with Crippen LogP contribution in [0.3, 0.4) is 0 Å². The van der Waals surface area contributed by atoms with Gasteiger partial charge in [0.2, 0.25) is 0 Å². The molecule has 0 aliphatic heterocycles. The van der Waals surface area contributed by atoms with Gasteiger partial charge in [-0.2, -0.15) is 16.4 Å². The summed E-state index contributed by atoms with van der Waals surface area (Å²) in [6, 6.07) is 9.58. The number of rotatable bonds is 6. The molecule has 8 heteroatoms. The fraction of sp³-hybridized carbons (Fsp3) is 0.143. The van der Waals surface area contributed by atoms with E-state index in [0.717, 1.165) is 16.3 Å². The van der Waals surface area contributed by atoms with Gasteiger partial charge in [0.05, 0.1) is 11.9 Å². The number of nitrogens with zero attached hydrogens (tertiary/aromatic N) is 3. The Morgan fingerprint density at radius 3 is 2.79 bits per heavy atom. The summed E-state index contributed by atoms with van der Waals surface area (Å²) in [5, 5.41) is 22.7. The number of carbonyl (C=O) groups is 1. The predicted octanol–water partition coefficient (Wildman–Crippen LogP) is 3.91. The number of nitrogens with one attached hydrogen (secondary N) is 1. The number of hydrogen-bond donors (Lipinski definition) is 2. The lowest BCUT2D eigenvalue weighted by molar-refractivity contribution is 0.0686. The molecule has 4 aromatic rings. The van der Waals surface area contributed by atoms with Gasteiger partial charge < -0.3 is 10.4 Å². The molecule has 1 aromatic carbocycles. The van der Waals surface area contributed by atoms with E-state index in [2.05, 4.69) is 15.4 Å². The summed E-state index contributed by atoms with van der Waals surface area (Å²) in [4.78, 5) is 29.3. The van der Waals surface area contributed by atoms with Crippen LogP contribution in [0.5, 0.6) is 0 Å². The monoisotopic (exact) mass is 406 g/mol. The van der Waals surface area contributed by atoms with E-state index in [0.29, 0.717) is 17.7 Å². The average molecular weight is 406 g/mol. The summed E-state index contributed by atoms with van der Waals surface area (Å²) in [5.41, 5.74) is 1.63. The van der Waals surface area contributed by atoms with E-state index in [-0.39, 0.29) is 23.5 Å². The van der Waals surface area contributed by atoms with Crippen molar-refractivity contribution in [2.45, 2.75) is 19.9 Å². The van der Waals surface area contributed by atoms with Gasteiger partial charge in [-0.3, -0.25) is 9.78 Å². The molecule has 0 spiro atoms. The lowest BCUT2D eigenvalue weighted by atomic mass is 10.0. The fourth-order valence-corrected chi connectivity index (χ4v) is 3.91. The van der Waals surface area contributed by atoms with E-state index < -0.39 is 5.97 Å². The summed E-state index contributed by atoms with van der Waals surface area (Å²) < 4.78 is 1.17. The van der Waals surface area contributed by atoms with Crippen molar-refractivity contribution in [3.05, 3.63) is 80.7 Å². The topological polar surface area (TPSA) is 97.1 Å². The van der Waals surface area contributed by atoms with Gasteiger partial charge in [-0.25, -0.2) is 9.48 Å². The minimum atomic E-state index is -1.17. The van der Waals surface area contributed by atoms with Crippen molar-refractivity contribution in [2.24, 2.45) is 0 Å². The van der Waals surface area contributed by atoms with E-state index in [1.807, 2.05) is 41.1 Å². The first-order valence-corrected chi connectivity index (χ1v) is 10.0. The van der Waals surface area contributed by atoms with E-state index in [1.54, 1.807) is 19.3 Å². The third-order valence-electron chi connectivity index (χ3n) is 4.65. The van der Waals surface area contributed by atoms with Gasteiger partial charge in [0, 0.05) is 35.5 Å². The van der Waals surface area contributed by atoms with Crippen molar-refractivity contribution in [3.63, 3.8) is 0 Å². The number of aryl methyl sites for hydroxylation is 1. The van der Waals surface area contributed by atoms with Crippen molar-refractivity contribution in [1.29, 1.82) is 0 Å². The maximum absolute atomic E-state index is 13.1. The number of benzene rings is 1. The van der Waals surface area contributed by atoms with Gasteiger partial charge in [0.25, 0.3) is 5.56 Å². The summed E-state index contributed by atoms with van der Waals surface area (Å²) in [5.74, 6) is -1.17. The normalized spacial score (nSPS) is 10.9. The molecular formula is C21H18N4O3S. The van der Waals surface area contributed by atoms with Gasteiger partial charge >= 0.3 is 5.97 Å². The molecule has 0 radical (unpaired) electrons. The molecule has 0 saturated carbocycles. The van der Waals surface area contributed by atoms with E-state index in [1.165, 1.54) is 16.0 Å². The van der Waals surface area contributed by atoms with Crippen LogP contribution in [-0.4, -0.2) is 25.8 Å². The third-order valence-corrected chi connectivity index (χ3v) is 5.38. The molecule has 0 aliphatic carbocycles. The van der Waals surface area contributed by atoms with E-state index >= 15 is 0 Å². The van der Waals surface area contributed by atoms with Crippen LogP contribution < -0.4 is 10.9 Å². The number of fused-ring (bicyclic) bond motifs is 1. The highest BCUT2D eigenvalue weighted by Gasteiger charge is 2.22. The van der Waals surface area contributed by atoms with Crippen molar-refractivity contribution >= 4 is 39.5 Å². The Labute approximate surface area is 170 Å². The molecule has 0 atom stereocenters. The largest absolute Gasteiger partial charge is 0.476 e. The second kappa shape index (κ2) is 7.84. The number of aromatic nitrogens is 3. The van der Waals surface area contributed by atoms with E-state index in [4.69, 9.17) is 0 Å². The highest BCUT2D eigenvalue weighted by Crippen LogP contribution is 2.28. The summed E-state index contributed by atoms with van der Waals surface area (Å²) in [7, 11) is 0. The summed E-state index contributed by atoms with van der Waals surface area (Å²) in [6.07, 6.45) is 3.66. The van der Waals surface area contributed by atoms with Crippen LogP contribution in [0.4, 0.5) is 11.4 Å². The zero-order chi connectivity index (χ0) is 20.4. The number of aromatic carboxylic acids is 1. The maximum Gasteiger partial charge on any atom is 0.356 e. The minimum absolute atomic E-state index is 0.131. The molecule has 4 rings (SSSR count). The number of carboxylic acids is 1. The Bertz CT molecular complexity index is 1240. The molecule has 2 N–H and O–H groups in total. The van der Waals surface area contributed by atoms with Crippen molar-refractivity contribution in [3.8, 4) is 0 Å². The number of anilines is 2. The molecule has 7 nitrogen and oxygen atoms in total. The molecule has 29 heavy (non-hydrogen) atoms. The third kappa shape index (κ3) is 3.62. The highest BCUT2D eigenvalue weighted by molar-refractivity contribution is 7.07. The Morgan fingerprint density at radius 2 is 2.07 bits per heavy atom. The summed E-state index contributed by atoms with van der Waals surface area (Å²) in [6.45, 7) is 2.02. The van der Waals surface area contributed by atoms with Crippen LogP contribution in [0.15, 0.2) is 58.3 Å². The van der Waals surface area contributed by atoms with Gasteiger partial charge in [-0.1, -0.05) is 24.3 Å². The Kier molecular flexibility index (Phi) is 5.09. The predicted molar refractivity (Wildman–Crippen MR) is 113 cm³/mol. The van der Waals surface area contributed by atoms with Crippen molar-refractivity contribution in [1.82, 2.24) is 14.8 Å². The molecular weight excluding hydrogens is 388 g/mol. The molecule has 0 saturated heterocycles. The Hall–Kier alpha value is -3.52. The lowest BCUT2D eigenvalue weighted by Gasteiger charge is -2.16. The quantitative estimate of drug-likeness (QED) is 0.504. The van der Waals surface area contributed by atoms with Gasteiger partial charge in [-0.15, -0.1) is 0 Å². The zero-order valence-corrected chi connectivity index (χ0v) is 16.4. The van der Waals surface area contributed by atoms with E-state index in [9.17, 15) is 14.7 Å². The van der Waals surface area contributed by atoms with Crippen LogP contribution in [0.1, 0.15) is 28.5 Å². The number of hydrogen-bond acceptors (Lipinski definition) is 6. The lowest BCUT2D eigenvalue weighted by Crippen LogP contribution is -2.29. The Morgan fingerprint density at radius 1 is 1.24 bits per heavy atom. The Balaban J connectivity index is 1.93. The average Bonchev–Trinajstić information content (AvgIpc) is 3.24. The van der Waals surface area contributed by atoms with Crippen LogP contribution in [-0.2, 0) is 13.0 Å². The first-order chi connectivity index (χ1) is 14.1. The summed E-state index contributed by atoms with van der Waals surface area (Å²) >= 11 is 1.52. The van der Waals surface area contributed by atoms with Gasteiger partial charge in [-0.05, 0) is 29.3 Å². The van der Waals surface area contributed by atoms with Crippen LogP contribution in [0.25, 0.3) is 10.8 Å². The smallest absolute Gasteiger partial charge is 0.356 e. The minimum Gasteiger partial charge on any atom is -0.476 e. The standard InChI is InChI=1S/C21H18N4O3S/c1-2-25-20(26)18(23-17-11-22-10-14-5-3-4-6-15(14)17)16(19(24-25)21(27)28)9-13-7-8-29-12-13/h3-8,10-12,23H,2,9H2,1H3,(H,27,28). The highest BCUT2D eigenvalue weighted by atomic mass is 32.1. The molecule has 0 aliphatic rings. The SMILES string of the molecule is CCn1nc(C(=O)O)c(Cc2ccsc2)c(Nc2cncc3ccccc23)c1=O. The second-order valence-corrected chi connectivity index (χ2v) is 7.25. The number of pyridine rings is 1. The number of thiophene rings is 1. The zero-order valence-electron chi connectivity index (χ0n) is 15.6. The molecule has 3 heterocycles. The first-order valence-electron chi connectivity index (χ1n) is 9.06. The molecule has 0 bridgehead atoms. The molecule has 146 valence electrons. The number of carboxylic acid groups (broad SMARTS) is 1. The van der Waals surface area contributed by atoms with Crippen LogP contribution >= 0.6 is 11.3 Å². The molecule has 0 amide bonds. The molecule has 0 fully saturated rings. The van der Waals surface area contributed by atoms with Gasteiger partial charge in [0.1, 0.15) is 5.69 Å². The van der Waals surface area contributed by atoms with Crippen LogP contribution in [0, 0.1) is 0 Å². The van der Waals surface area contributed by atoms with Crippen LogP contribution in [0.2, 0.25) is 0 Å². The second-order valence-electron chi connectivity index (χ2n) is 6.47.